The number of Topliss-reactive ketones (excluding diaryl/α,β-unsaturated/α-hetero) is 2. The van der Waals surface area contributed by atoms with Crippen LogP contribution in [0.3, 0.4) is 0 Å². The number of ether oxygens (including phenoxy) is 2. The Morgan fingerprint density at radius 1 is 0.872 bits per heavy atom. The van der Waals surface area contributed by atoms with Crippen LogP contribution >= 0.6 is 0 Å². The Bertz CT molecular complexity index is 1810. The monoisotopic (exact) mass is 647 g/mol. The molecule has 4 N–H and O–H groups in total. The molecule has 47 heavy (non-hydrogen) atoms. The second kappa shape index (κ2) is 13.6. The van der Waals surface area contributed by atoms with Gasteiger partial charge in [0.25, 0.3) is 5.91 Å². The minimum atomic E-state index is -4.93. The lowest BCUT2D eigenvalue weighted by Crippen LogP contribution is -2.28. The van der Waals surface area contributed by atoms with Gasteiger partial charge in [-0.3, -0.25) is 14.4 Å². The molecule has 0 bridgehead atoms. The van der Waals surface area contributed by atoms with Gasteiger partial charge in [0, 0.05) is 36.3 Å². The van der Waals surface area contributed by atoms with E-state index < -0.39 is 29.4 Å². The number of carbonyl (C=O) groups is 4. The third kappa shape index (κ3) is 7.52. The lowest BCUT2D eigenvalue weighted by Gasteiger charge is -2.17. The van der Waals surface area contributed by atoms with E-state index in [9.17, 15) is 37.5 Å². The molecule has 242 valence electrons. The quantitative estimate of drug-likeness (QED) is 0.116. The largest absolute Gasteiger partial charge is 0.507 e. The third-order valence-corrected chi connectivity index (χ3v) is 7.34. The van der Waals surface area contributed by atoms with E-state index in [1.54, 1.807) is 72.8 Å². The maximum absolute atomic E-state index is 13.5. The number of hydrogen-bond acceptors (Lipinski definition) is 7. The van der Waals surface area contributed by atoms with Crippen molar-refractivity contribution in [3.8, 4) is 23.0 Å². The van der Waals surface area contributed by atoms with Gasteiger partial charge >= 0.3 is 12.2 Å². The fraction of sp³-hybridized carbons (Fsp3) is 0.176. The molecule has 0 fully saturated rings. The molecule has 0 saturated heterocycles. The molecule has 0 unspecified atom stereocenters. The number of fused-ring (bicyclic) bond motifs is 1. The highest BCUT2D eigenvalue weighted by molar-refractivity contribution is 6.26. The van der Waals surface area contributed by atoms with Crippen molar-refractivity contribution in [2.24, 2.45) is 5.92 Å². The van der Waals surface area contributed by atoms with Gasteiger partial charge in [-0.05, 0) is 48.4 Å². The number of hydrogen-bond donors (Lipinski definition) is 4. The predicted molar refractivity (Wildman–Crippen MR) is 164 cm³/mol. The number of benzene rings is 4. The number of urea groups is 1. The molecule has 3 amide bonds. The smallest absolute Gasteiger partial charge is 0.420 e. The third-order valence-electron chi connectivity index (χ3n) is 7.34. The fourth-order valence-corrected chi connectivity index (χ4v) is 4.97. The molecule has 1 aliphatic carbocycles. The van der Waals surface area contributed by atoms with E-state index in [4.69, 9.17) is 9.47 Å². The van der Waals surface area contributed by atoms with E-state index in [0.717, 1.165) is 0 Å². The highest BCUT2D eigenvalue weighted by Crippen LogP contribution is 2.42. The average molecular weight is 648 g/mol. The first-order valence-electron chi connectivity index (χ1n) is 14.3. The van der Waals surface area contributed by atoms with Crippen LogP contribution in [0.4, 0.5) is 23.7 Å². The number of phenols is 1. The summed E-state index contributed by atoms with van der Waals surface area (Å²) in [6, 6.07) is 19.9. The van der Waals surface area contributed by atoms with E-state index in [1.165, 1.54) is 7.05 Å². The van der Waals surface area contributed by atoms with Crippen LogP contribution in [0.25, 0.3) is 0 Å². The zero-order valence-corrected chi connectivity index (χ0v) is 24.8. The van der Waals surface area contributed by atoms with Gasteiger partial charge in [-0.2, -0.15) is 13.2 Å². The molecule has 4 aromatic rings. The Kier molecular flexibility index (Phi) is 9.45. The van der Waals surface area contributed by atoms with Crippen molar-refractivity contribution in [3.05, 3.63) is 113 Å². The van der Waals surface area contributed by atoms with Gasteiger partial charge < -0.3 is 30.5 Å². The highest BCUT2D eigenvalue weighted by atomic mass is 19.4. The van der Waals surface area contributed by atoms with Gasteiger partial charge in [-0.25, -0.2) is 4.79 Å². The molecular weight excluding hydrogens is 619 g/mol. The normalized spacial score (nSPS) is 12.8. The molecule has 0 heterocycles. The summed E-state index contributed by atoms with van der Waals surface area (Å²) >= 11 is 0. The number of anilines is 1. The maximum atomic E-state index is 13.5. The molecule has 0 aromatic heterocycles. The van der Waals surface area contributed by atoms with Gasteiger partial charge in [0.05, 0.1) is 23.8 Å². The predicted octanol–water partition coefficient (Wildman–Crippen LogP) is 6.35. The van der Waals surface area contributed by atoms with E-state index in [1.807, 2.05) is 0 Å². The lowest BCUT2D eigenvalue weighted by molar-refractivity contribution is -0.138. The van der Waals surface area contributed by atoms with Crippen LogP contribution in [0, 0.1) is 5.92 Å². The summed E-state index contributed by atoms with van der Waals surface area (Å²) in [6.45, 7) is -0.271. The van der Waals surface area contributed by atoms with Crippen LogP contribution in [-0.4, -0.2) is 42.3 Å². The first kappa shape index (κ1) is 32.5. The van der Waals surface area contributed by atoms with Gasteiger partial charge in [0.15, 0.2) is 11.6 Å². The van der Waals surface area contributed by atoms with E-state index >= 15 is 0 Å². The van der Waals surface area contributed by atoms with Crippen molar-refractivity contribution < 1.29 is 46.9 Å². The Balaban J connectivity index is 1.21. The number of carbonyl (C=O) groups excluding carboxylic acids is 4. The molecule has 5 rings (SSSR count). The first-order chi connectivity index (χ1) is 22.4. The van der Waals surface area contributed by atoms with Crippen LogP contribution < -0.4 is 25.4 Å². The topological polar surface area (TPSA) is 143 Å². The molecule has 0 spiro atoms. The second-order valence-corrected chi connectivity index (χ2v) is 10.5. The molecule has 1 aliphatic rings. The number of halogens is 3. The summed E-state index contributed by atoms with van der Waals surface area (Å²) in [5, 5.41) is 17.4. The molecular formula is C34H28F3N3O7. The highest BCUT2D eigenvalue weighted by Gasteiger charge is 2.38. The number of alkyl halides is 3. The van der Waals surface area contributed by atoms with Crippen molar-refractivity contribution in [2.75, 3.05) is 19.0 Å². The van der Waals surface area contributed by atoms with Crippen LogP contribution in [0.15, 0.2) is 84.9 Å². The minimum absolute atomic E-state index is 0.00880. The van der Waals surface area contributed by atoms with Gasteiger partial charge in [-0.15, -0.1) is 0 Å². The van der Waals surface area contributed by atoms with Crippen molar-refractivity contribution in [2.45, 2.75) is 19.1 Å². The first-order valence-corrected chi connectivity index (χ1v) is 14.3. The van der Waals surface area contributed by atoms with Crippen LogP contribution in [0.5, 0.6) is 23.0 Å². The van der Waals surface area contributed by atoms with Crippen LogP contribution in [-0.2, 0) is 12.7 Å². The zero-order valence-electron chi connectivity index (χ0n) is 24.8. The second-order valence-electron chi connectivity index (χ2n) is 10.5. The zero-order chi connectivity index (χ0) is 33.7. The Morgan fingerprint density at radius 3 is 2.19 bits per heavy atom. The van der Waals surface area contributed by atoms with Crippen molar-refractivity contribution in [1.29, 1.82) is 0 Å². The number of aromatic hydroxyl groups is 1. The molecule has 10 nitrogen and oxygen atoms in total. The summed E-state index contributed by atoms with van der Waals surface area (Å²) < 4.78 is 52.0. The van der Waals surface area contributed by atoms with Gasteiger partial charge in [0.2, 0.25) is 0 Å². The van der Waals surface area contributed by atoms with Crippen molar-refractivity contribution in [3.63, 3.8) is 0 Å². The van der Waals surface area contributed by atoms with Gasteiger partial charge in [-0.1, -0.05) is 42.5 Å². The summed E-state index contributed by atoms with van der Waals surface area (Å²) in [6.07, 6.45) is -5.00. The van der Waals surface area contributed by atoms with E-state index in [-0.39, 0.29) is 48.5 Å². The summed E-state index contributed by atoms with van der Waals surface area (Å²) in [5.41, 5.74) is -0.133. The number of amides is 3. The molecule has 13 heteroatoms. The van der Waals surface area contributed by atoms with Crippen LogP contribution in [0.2, 0.25) is 0 Å². The van der Waals surface area contributed by atoms with E-state index in [2.05, 4.69) is 16.0 Å². The molecule has 4 aromatic carbocycles. The Morgan fingerprint density at radius 2 is 1.55 bits per heavy atom. The number of rotatable bonds is 10. The van der Waals surface area contributed by atoms with Crippen molar-refractivity contribution >= 4 is 29.2 Å². The van der Waals surface area contributed by atoms with Crippen LogP contribution in [0.1, 0.15) is 48.6 Å². The Labute approximate surface area is 266 Å². The summed E-state index contributed by atoms with van der Waals surface area (Å²) in [7, 11) is 1.52. The molecule has 0 atom stereocenters. The van der Waals surface area contributed by atoms with Gasteiger partial charge in [0.1, 0.15) is 23.0 Å². The summed E-state index contributed by atoms with van der Waals surface area (Å²) in [5.74, 6) is -2.55. The number of phenolic OH excluding ortho intramolecular Hbond substituents is 1. The van der Waals surface area contributed by atoms with E-state index in [0.29, 0.717) is 45.9 Å². The number of ketones is 2. The number of nitrogens with one attached hydrogen (secondary N) is 3. The summed E-state index contributed by atoms with van der Waals surface area (Å²) in [4.78, 5) is 49.9. The average Bonchev–Trinajstić information content (AvgIpc) is 3.29. The SMILES string of the molecule is CNC(=O)c1cccc(Oc2ccc(CNC(=O)Nc3cc(C(F)(F)F)c(O)cc3OCCC3C(=O)c4ccccc4C3=O)cc2)c1. The minimum Gasteiger partial charge on any atom is -0.507 e. The fourth-order valence-electron chi connectivity index (χ4n) is 4.97. The molecule has 0 aliphatic heterocycles. The molecule has 0 radical (unpaired) electrons. The van der Waals surface area contributed by atoms with Crippen molar-refractivity contribution in [1.82, 2.24) is 10.6 Å². The Hall–Kier alpha value is -5.85. The lowest BCUT2D eigenvalue weighted by atomic mass is 10.0. The molecule has 0 saturated carbocycles. The standard InChI is InChI=1S/C34H28F3N3O7/c1-38-32(44)20-5-4-6-22(15-20)47-21-11-9-19(10-12-21)18-39-33(45)40-27-16-26(34(35,36)37)28(41)17-29(27)46-14-13-25-30(42)23-7-2-3-8-24(23)31(25)43/h2-12,15-17,25,41H,13-14,18H2,1H3,(H,38,44)(H2,39,40,45). The maximum Gasteiger partial charge on any atom is 0.420 e.